The SMILES string of the molecule is CC(C)=O.CC1CCCC(=O)C1(C)C. The molecule has 0 radical (unpaired) electrons. The van der Waals surface area contributed by atoms with Gasteiger partial charge in [0.05, 0.1) is 0 Å². The first-order valence-corrected chi connectivity index (χ1v) is 5.29. The lowest BCUT2D eigenvalue weighted by molar-refractivity contribution is -0.132. The molecule has 1 fully saturated rings. The molecular weight excluding hydrogens is 176 g/mol. The molecule has 2 nitrogen and oxygen atoms in total. The van der Waals surface area contributed by atoms with Crippen molar-refractivity contribution in [3.05, 3.63) is 0 Å². The molecule has 0 N–H and O–H groups in total. The van der Waals surface area contributed by atoms with Crippen LogP contribution in [0.4, 0.5) is 0 Å². The summed E-state index contributed by atoms with van der Waals surface area (Å²) in [5, 5.41) is 0. The van der Waals surface area contributed by atoms with Gasteiger partial charge in [0.15, 0.2) is 0 Å². The molecule has 1 atom stereocenters. The number of carbonyl (C=O) groups is 2. The number of rotatable bonds is 0. The molecule has 0 aromatic rings. The fraction of sp³-hybridized carbons (Fsp3) is 0.833. The maximum Gasteiger partial charge on any atom is 0.138 e. The first-order chi connectivity index (χ1) is 6.28. The molecule has 0 spiro atoms. The maximum absolute atomic E-state index is 11.3. The zero-order chi connectivity index (χ0) is 11.4. The Balaban J connectivity index is 0.000000364. The summed E-state index contributed by atoms with van der Waals surface area (Å²) in [4.78, 5) is 20.8. The van der Waals surface area contributed by atoms with Crippen molar-refractivity contribution in [1.82, 2.24) is 0 Å². The molecule has 0 heterocycles. The number of carbonyl (C=O) groups excluding carboxylic acids is 2. The van der Waals surface area contributed by atoms with Crippen molar-refractivity contribution in [3.63, 3.8) is 0 Å². The Morgan fingerprint density at radius 3 is 2.07 bits per heavy atom. The highest BCUT2D eigenvalue weighted by molar-refractivity contribution is 5.84. The van der Waals surface area contributed by atoms with Crippen LogP contribution in [-0.2, 0) is 9.59 Å². The van der Waals surface area contributed by atoms with Crippen LogP contribution in [0.3, 0.4) is 0 Å². The van der Waals surface area contributed by atoms with E-state index < -0.39 is 0 Å². The average molecular weight is 198 g/mol. The molecule has 2 heteroatoms. The topological polar surface area (TPSA) is 34.1 Å². The molecule has 0 aromatic heterocycles. The largest absolute Gasteiger partial charge is 0.300 e. The van der Waals surface area contributed by atoms with Crippen molar-refractivity contribution < 1.29 is 9.59 Å². The first-order valence-electron chi connectivity index (χ1n) is 5.29. The lowest BCUT2D eigenvalue weighted by atomic mass is 9.69. The van der Waals surface area contributed by atoms with Gasteiger partial charge in [-0.3, -0.25) is 4.79 Å². The van der Waals surface area contributed by atoms with Gasteiger partial charge >= 0.3 is 0 Å². The van der Waals surface area contributed by atoms with Crippen LogP contribution in [0, 0.1) is 11.3 Å². The van der Waals surface area contributed by atoms with Crippen LogP contribution in [0.5, 0.6) is 0 Å². The minimum Gasteiger partial charge on any atom is -0.300 e. The van der Waals surface area contributed by atoms with Crippen molar-refractivity contribution in [1.29, 1.82) is 0 Å². The van der Waals surface area contributed by atoms with Gasteiger partial charge in [0, 0.05) is 11.8 Å². The predicted molar refractivity (Wildman–Crippen MR) is 58.2 cm³/mol. The van der Waals surface area contributed by atoms with Crippen molar-refractivity contribution >= 4 is 11.6 Å². The highest BCUT2D eigenvalue weighted by Gasteiger charge is 2.35. The summed E-state index contributed by atoms with van der Waals surface area (Å²) in [5.41, 5.74) is -0.0434. The Kier molecular flexibility index (Phi) is 5.03. The van der Waals surface area contributed by atoms with E-state index in [1.807, 2.05) is 0 Å². The molecule has 0 saturated heterocycles. The van der Waals surface area contributed by atoms with E-state index in [2.05, 4.69) is 20.8 Å². The molecule has 1 rings (SSSR count). The van der Waals surface area contributed by atoms with E-state index in [1.54, 1.807) is 0 Å². The van der Waals surface area contributed by atoms with Gasteiger partial charge in [-0.1, -0.05) is 20.8 Å². The van der Waals surface area contributed by atoms with Gasteiger partial charge in [0.1, 0.15) is 11.6 Å². The molecule has 82 valence electrons. The second-order valence-corrected chi connectivity index (χ2v) is 4.85. The Labute approximate surface area is 87.1 Å². The van der Waals surface area contributed by atoms with E-state index in [0.29, 0.717) is 11.7 Å². The first kappa shape index (κ1) is 13.3. The number of hydrogen-bond acceptors (Lipinski definition) is 2. The minimum atomic E-state index is -0.0434. The van der Waals surface area contributed by atoms with Crippen LogP contribution in [0.25, 0.3) is 0 Å². The zero-order valence-corrected chi connectivity index (χ0v) is 10.0. The zero-order valence-electron chi connectivity index (χ0n) is 10.0. The maximum atomic E-state index is 11.3. The lowest BCUT2D eigenvalue weighted by Crippen LogP contribution is -2.34. The highest BCUT2D eigenvalue weighted by Crippen LogP contribution is 2.37. The highest BCUT2D eigenvalue weighted by atomic mass is 16.1. The van der Waals surface area contributed by atoms with Gasteiger partial charge in [0.2, 0.25) is 0 Å². The quantitative estimate of drug-likeness (QED) is 0.599. The van der Waals surface area contributed by atoms with Crippen LogP contribution >= 0.6 is 0 Å². The molecule has 1 unspecified atom stereocenters. The fourth-order valence-corrected chi connectivity index (χ4v) is 1.53. The number of Topliss-reactive ketones (excluding diaryl/α,β-unsaturated/α-hetero) is 2. The summed E-state index contributed by atoms with van der Waals surface area (Å²) in [6, 6.07) is 0. The Morgan fingerprint density at radius 2 is 1.79 bits per heavy atom. The molecule has 1 saturated carbocycles. The van der Waals surface area contributed by atoms with E-state index in [4.69, 9.17) is 0 Å². The second kappa shape index (κ2) is 5.28. The van der Waals surface area contributed by atoms with Crippen molar-refractivity contribution in [3.8, 4) is 0 Å². The van der Waals surface area contributed by atoms with Gasteiger partial charge in [-0.15, -0.1) is 0 Å². The van der Waals surface area contributed by atoms with Crippen LogP contribution in [-0.4, -0.2) is 11.6 Å². The summed E-state index contributed by atoms with van der Waals surface area (Å²) >= 11 is 0. The fourth-order valence-electron chi connectivity index (χ4n) is 1.53. The standard InChI is InChI=1S/C9H16O.C3H6O/c1-7-5-4-6-8(10)9(7,2)3;1-3(2)4/h7H,4-6H2,1-3H3;1-2H3. The van der Waals surface area contributed by atoms with E-state index >= 15 is 0 Å². The molecular formula is C12H22O2. The van der Waals surface area contributed by atoms with E-state index in [1.165, 1.54) is 20.3 Å². The number of ketones is 2. The minimum absolute atomic E-state index is 0.0434. The third kappa shape index (κ3) is 4.03. The Morgan fingerprint density at radius 1 is 1.36 bits per heavy atom. The van der Waals surface area contributed by atoms with E-state index in [-0.39, 0.29) is 11.2 Å². The van der Waals surface area contributed by atoms with E-state index in [0.717, 1.165) is 12.8 Å². The van der Waals surface area contributed by atoms with Gasteiger partial charge in [-0.05, 0) is 32.6 Å². The molecule has 0 aromatic carbocycles. The monoisotopic (exact) mass is 198 g/mol. The Bertz CT molecular complexity index is 212. The van der Waals surface area contributed by atoms with Crippen molar-refractivity contribution in [2.24, 2.45) is 11.3 Å². The number of hydrogen-bond donors (Lipinski definition) is 0. The van der Waals surface area contributed by atoms with Gasteiger partial charge in [-0.25, -0.2) is 0 Å². The normalized spacial score (nSPS) is 24.9. The molecule has 0 bridgehead atoms. The van der Waals surface area contributed by atoms with Gasteiger partial charge in [0.25, 0.3) is 0 Å². The third-order valence-electron chi connectivity index (χ3n) is 2.99. The molecule has 1 aliphatic rings. The summed E-state index contributed by atoms with van der Waals surface area (Å²) in [7, 11) is 0. The van der Waals surface area contributed by atoms with Gasteiger partial charge in [-0.2, -0.15) is 0 Å². The van der Waals surface area contributed by atoms with Crippen LogP contribution < -0.4 is 0 Å². The average Bonchev–Trinajstić information content (AvgIpc) is 2.00. The second-order valence-electron chi connectivity index (χ2n) is 4.85. The molecule has 1 aliphatic carbocycles. The van der Waals surface area contributed by atoms with Crippen LogP contribution in [0.15, 0.2) is 0 Å². The van der Waals surface area contributed by atoms with Crippen LogP contribution in [0.2, 0.25) is 0 Å². The van der Waals surface area contributed by atoms with Crippen molar-refractivity contribution in [2.45, 2.75) is 53.9 Å². The molecule has 14 heavy (non-hydrogen) atoms. The lowest BCUT2D eigenvalue weighted by Gasteiger charge is -2.34. The van der Waals surface area contributed by atoms with Crippen molar-refractivity contribution in [2.75, 3.05) is 0 Å². The summed E-state index contributed by atoms with van der Waals surface area (Å²) < 4.78 is 0. The third-order valence-corrected chi connectivity index (χ3v) is 2.99. The summed E-state index contributed by atoms with van der Waals surface area (Å²) in [6.45, 7) is 9.37. The van der Waals surface area contributed by atoms with Crippen LogP contribution in [0.1, 0.15) is 53.9 Å². The predicted octanol–water partition coefficient (Wildman–Crippen LogP) is 3.00. The summed E-state index contributed by atoms with van der Waals surface area (Å²) in [5.74, 6) is 1.19. The summed E-state index contributed by atoms with van der Waals surface area (Å²) in [6.07, 6.45) is 3.12. The Hall–Kier alpha value is -0.660. The molecule has 0 amide bonds. The smallest absolute Gasteiger partial charge is 0.138 e. The van der Waals surface area contributed by atoms with E-state index in [9.17, 15) is 9.59 Å². The molecule has 0 aliphatic heterocycles. The van der Waals surface area contributed by atoms with Gasteiger partial charge < -0.3 is 4.79 Å².